The number of carbonyl (C=O) groups excluding carboxylic acids is 2. The van der Waals surface area contributed by atoms with E-state index in [1.165, 1.54) is 12.8 Å². The van der Waals surface area contributed by atoms with Crippen LogP contribution in [0.25, 0.3) is 0 Å². The van der Waals surface area contributed by atoms with Gasteiger partial charge in [0, 0.05) is 40.0 Å². The Morgan fingerprint density at radius 1 is 1.12 bits per heavy atom. The zero-order valence-corrected chi connectivity index (χ0v) is 11.7. The van der Waals surface area contributed by atoms with Crippen LogP contribution >= 0.6 is 0 Å². The Kier molecular flexibility index (Phi) is 8.46. The molecule has 0 unspecified atom stereocenters. The lowest BCUT2D eigenvalue weighted by molar-refractivity contribution is -0.118. The minimum Gasteiger partial charge on any atom is -0.326 e. The number of urea groups is 1. The van der Waals surface area contributed by atoms with Gasteiger partial charge in [0.15, 0.2) is 0 Å². The number of rotatable bonds is 5. The van der Waals surface area contributed by atoms with Gasteiger partial charge >= 0.3 is 6.03 Å². The third kappa shape index (κ3) is 6.97. The van der Waals surface area contributed by atoms with Crippen molar-refractivity contribution in [3.05, 3.63) is 0 Å². The van der Waals surface area contributed by atoms with E-state index in [0.29, 0.717) is 12.2 Å². The summed E-state index contributed by atoms with van der Waals surface area (Å²) in [5.41, 5.74) is 0. The first kappa shape index (κ1) is 15.9. The molecule has 2 amide bonds. The Hall–Kier alpha value is -1.06. The van der Waals surface area contributed by atoms with E-state index >= 15 is 0 Å². The zero-order valence-electron chi connectivity index (χ0n) is 11.7. The quantitative estimate of drug-likeness (QED) is 0.695. The van der Waals surface area contributed by atoms with Gasteiger partial charge in [0.25, 0.3) is 0 Å². The van der Waals surface area contributed by atoms with E-state index in [-0.39, 0.29) is 6.03 Å². The Bertz CT molecular complexity index is 230. The topological polar surface area (TPSA) is 40.6 Å². The summed E-state index contributed by atoms with van der Waals surface area (Å²) >= 11 is 0. The molecule has 1 saturated heterocycles. The van der Waals surface area contributed by atoms with Crippen LogP contribution in [0, 0.1) is 0 Å². The van der Waals surface area contributed by atoms with Crippen LogP contribution in [0.3, 0.4) is 0 Å². The molecule has 0 bridgehead atoms. The molecule has 0 aliphatic carbocycles. The van der Waals surface area contributed by atoms with Crippen molar-refractivity contribution in [1.29, 1.82) is 0 Å². The van der Waals surface area contributed by atoms with Crippen LogP contribution in [0.5, 0.6) is 0 Å². The van der Waals surface area contributed by atoms with Gasteiger partial charge < -0.3 is 9.80 Å². The number of carbonyl (C=O) groups is 2. The number of likely N-dealkylation sites (N-methyl/N-ethyl adjacent to an activating group) is 2. The molecule has 17 heavy (non-hydrogen) atoms. The first-order valence-corrected chi connectivity index (χ1v) is 6.50. The minimum atomic E-state index is 0.130. The van der Waals surface area contributed by atoms with Gasteiger partial charge in [0.1, 0.15) is 5.78 Å². The molecule has 1 aliphatic rings. The fraction of sp³-hybridized carbons (Fsp3) is 0.846. The highest BCUT2D eigenvalue weighted by Gasteiger charge is 2.20. The van der Waals surface area contributed by atoms with Crippen molar-refractivity contribution in [2.45, 2.75) is 46.0 Å². The van der Waals surface area contributed by atoms with Crippen molar-refractivity contribution >= 4 is 11.8 Å². The largest absolute Gasteiger partial charge is 0.326 e. The van der Waals surface area contributed by atoms with Crippen molar-refractivity contribution in [2.75, 3.05) is 27.2 Å². The van der Waals surface area contributed by atoms with Gasteiger partial charge in [-0.2, -0.15) is 0 Å². The summed E-state index contributed by atoms with van der Waals surface area (Å²) in [6, 6.07) is 0.130. The van der Waals surface area contributed by atoms with Crippen molar-refractivity contribution in [1.82, 2.24) is 9.80 Å². The fourth-order valence-corrected chi connectivity index (χ4v) is 1.53. The lowest BCUT2D eigenvalue weighted by Crippen LogP contribution is -2.25. The maximum absolute atomic E-state index is 10.8. The first-order valence-electron chi connectivity index (χ1n) is 6.50. The number of ketones is 1. The van der Waals surface area contributed by atoms with Crippen molar-refractivity contribution in [3.63, 3.8) is 0 Å². The molecule has 4 heteroatoms. The van der Waals surface area contributed by atoms with E-state index in [1.807, 2.05) is 21.0 Å². The van der Waals surface area contributed by atoms with Crippen molar-refractivity contribution in [3.8, 4) is 0 Å². The summed E-state index contributed by atoms with van der Waals surface area (Å²) in [5.74, 6) is 0.406. The highest BCUT2D eigenvalue weighted by atomic mass is 16.2. The highest BCUT2D eigenvalue weighted by molar-refractivity contribution is 5.77. The average Bonchev–Trinajstić information content (AvgIpc) is 2.61. The van der Waals surface area contributed by atoms with E-state index < -0.39 is 0 Å². The van der Waals surface area contributed by atoms with Gasteiger partial charge in [-0.25, -0.2) is 4.79 Å². The molecule has 0 radical (unpaired) electrons. The SMILES string of the molecule is CCCCCC(=O)CC.CN1CCN(C)C1=O. The Morgan fingerprint density at radius 2 is 1.65 bits per heavy atom. The van der Waals surface area contributed by atoms with E-state index in [4.69, 9.17) is 0 Å². The summed E-state index contributed by atoms with van der Waals surface area (Å²) < 4.78 is 0. The second-order valence-corrected chi connectivity index (χ2v) is 4.48. The molecule has 1 rings (SSSR count). The van der Waals surface area contributed by atoms with Gasteiger partial charge in [-0.3, -0.25) is 4.79 Å². The molecule has 0 aromatic rings. The van der Waals surface area contributed by atoms with Crippen LogP contribution < -0.4 is 0 Å². The molecule has 0 saturated carbocycles. The Balaban J connectivity index is 0.000000302. The van der Waals surface area contributed by atoms with Gasteiger partial charge in [-0.05, 0) is 6.42 Å². The summed E-state index contributed by atoms with van der Waals surface area (Å²) in [5, 5.41) is 0. The van der Waals surface area contributed by atoms with Crippen LogP contribution in [-0.4, -0.2) is 48.8 Å². The Labute approximate surface area is 105 Å². The third-order valence-electron chi connectivity index (χ3n) is 2.88. The van der Waals surface area contributed by atoms with Crippen LogP contribution in [0.2, 0.25) is 0 Å². The second-order valence-electron chi connectivity index (χ2n) is 4.48. The molecule has 100 valence electrons. The monoisotopic (exact) mass is 242 g/mol. The average molecular weight is 242 g/mol. The summed E-state index contributed by atoms with van der Waals surface area (Å²) in [4.78, 5) is 24.9. The maximum atomic E-state index is 10.8. The molecular formula is C13H26N2O2. The van der Waals surface area contributed by atoms with E-state index in [0.717, 1.165) is 25.9 Å². The minimum absolute atomic E-state index is 0.130. The van der Waals surface area contributed by atoms with Gasteiger partial charge in [0.05, 0.1) is 0 Å². The van der Waals surface area contributed by atoms with Crippen molar-refractivity contribution < 1.29 is 9.59 Å². The number of nitrogens with zero attached hydrogens (tertiary/aromatic N) is 2. The molecule has 1 fully saturated rings. The van der Waals surface area contributed by atoms with Gasteiger partial charge in [0.2, 0.25) is 0 Å². The van der Waals surface area contributed by atoms with Crippen LogP contribution in [0.15, 0.2) is 0 Å². The molecule has 0 aromatic carbocycles. The summed E-state index contributed by atoms with van der Waals surface area (Å²) in [6.45, 7) is 5.81. The molecular weight excluding hydrogens is 216 g/mol. The standard InChI is InChI=1S/C8H16O.C5H10N2O/c1-3-5-6-7-8(9)4-2;1-6-3-4-7(2)5(6)8/h3-7H2,1-2H3;3-4H2,1-2H3. The van der Waals surface area contributed by atoms with Crippen molar-refractivity contribution in [2.24, 2.45) is 0 Å². The molecule has 0 atom stereocenters. The molecule has 4 nitrogen and oxygen atoms in total. The maximum Gasteiger partial charge on any atom is 0.319 e. The number of amides is 2. The number of Topliss-reactive ketones (excluding diaryl/α,β-unsaturated/α-hetero) is 1. The summed E-state index contributed by atoms with van der Waals surface area (Å²) in [7, 11) is 3.62. The molecule has 0 aromatic heterocycles. The van der Waals surface area contributed by atoms with E-state index in [9.17, 15) is 9.59 Å². The van der Waals surface area contributed by atoms with E-state index in [1.54, 1.807) is 9.80 Å². The second kappa shape index (κ2) is 9.02. The Morgan fingerprint density at radius 3 is 1.94 bits per heavy atom. The summed E-state index contributed by atoms with van der Waals surface area (Å²) in [6.07, 6.45) is 5.00. The highest BCUT2D eigenvalue weighted by Crippen LogP contribution is 2.01. The molecule has 0 spiro atoms. The fourth-order valence-electron chi connectivity index (χ4n) is 1.53. The number of hydrogen-bond donors (Lipinski definition) is 0. The van der Waals surface area contributed by atoms with Crippen LogP contribution in [0.1, 0.15) is 46.0 Å². The number of unbranched alkanes of at least 4 members (excludes halogenated alkanes) is 2. The predicted octanol–water partition coefficient (Wildman–Crippen LogP) is 2.53. The first-order chi connectivity index (χ1) is 8.02. The molecule has 0 N–H and O–H groups in total. The van der Waals surface area contributed by atoms with E-state index in [2.05, 4.69) is 6.92 Å². The number of hydrogen-bond acceptors (Lipinski definition) is 2. The lowest BCUT2D eigenvalue weighted by Gasteiger charge is -2.07. The third-order valence-corrected chi connectivity index (χ3v) is 2.88. The smallest absolute Gasteiger partial charge is 0.319 e. The van der Waals surface area contributed by atoms with Gasteiger partial charge in [-0.1, -0.05) is 26.7 Å². The van der Waals surface area contributed by atoms with Crippen LogP contribution in [0.4, 0.5) is 4.79 Å². The van der Waals surface area contributed by atoms with Crippen LogP contribution in [-0.2, 0) is 4.79 Å². The molecule has 1 heterocycles. The van der Waals surface area contributed by atoms with Gasteiger partial charge in [-0.15, -0.1) is 0 Å². The predicted molar refractivity (Wildman–Crippen MR) is 70.1 cm³/mol. The normalized spacial score (nSPS) is 14.7. The lowest BCUT2D eigenvalue weighted by atomic mass is 10.1. The molecule has 1 aliphatic heterocycles. The zero-order chi connectivity index (χ0) is 13.3.